The highest BCUT2D eigenvalue weighted by molar-refractivity contribution is 7.92. The molecule has 2 amide bonds. The summed E-state index contributed by atoms with van der Waals surface area (Å²) in [5.41, 5.74) is 0.0528. The zero-order chi connectivity index (χ0) is 30.4. The van der Waals surface area contributed by atoms with E-state index in [2.05, 4.69) is 5.32 Å². The van der Waals surface area contributed by atoms with Gasteiger partial charge in [-0.25, -0.2) is 12.8 Å². The molecule has 0 aliphatic rings. The zero-order valence-electron chi connectivity index (χ0n) is 23.7. The summed E-state index contributed by atoms with van der Waals surface area (Å²) in [7, 11) is -2.91. The second-order valence-corrected chi connectivity index (χ2v) is 12.8. The number of anilines is 1. The predicted molar refractivity (Wildman–Crippen MR) is 158 cm³/mol. The number of rotatable bonds is 11. The fourth-order valence-corrected chi connectivity index (χ4v) is 5.85. The topological polar surface area (TPSA) is 96.0 Å². The smallest absolute Gasteiger partial charge is 0.264 e. The first-order valence-electron chi connectivity index (χ1n) is 13.0. The molecule has 0 radical (unpaired) electrons. The van der Waals surface area contributed by atoms with Gasteiger partial charge in [-0.1, -0.05) is 48.9 Å². The van der Waals surface area contributed by atoms with Gasteiger partial charge in [-0.05, 0) is 75.2 Å². The van der Waals surface area contributed by atoms with Crippen molar-refractivity contribution >= 4 is 39.1 Å². The quantitative estimate of drug-likeness (QED) is 0.316. The Morgan fingerprint density at radius 1 is 1.02 bits per heavy atom. The first-order valence-corrected chi connectivity index (χ1v) is 14.9. The summed E-state index contributed by atoms with van der Waals surface area (Å²) in [6, 6.07) is 16.8. The molecule has 0 heterocycles. The Bertz CT molecular complexity index is 1460. The number of carbonyl (C=O) groups excluding carboxylic acids is 2. The minimum atomic E-state index is -4.29. The summed E-state index contributed by atoms with van der Waals surface area (Å²) < 4.78 is 47.9. The third-order valence-corrected chi connectivity index (χ3v) is 8.18. The normalized spacial score (nSPS) is 12.4. The minimum Gasteiger partial charge on any atom is -0.495 e. The summed E-state index contributed by atoms with van der Waals surface area (Å²) >= 11 is 6.25. The van der Waals surface area contributed by atoms with Gasteiger partial charge in [0.25, 0.3) is 10.0 Å². The second-order valence-electron chi connectivity index (χ2n) is 10.5. The third kappa shape index (κ3) is 8.20. The van der Waals surface area contributed by atoms with E-state index in [1.54, 1.807) is 31.2 Å². The van der Waals surface area contributed by atoms with Gasteiger partial charge in [-0.15, -0.1) is 0 Å². The fraction of sp³-hybridized carbons (Fsp3) is 0.333. The van der Waals surface area contributed by atoms with Crippen LogP contribution in [0, 0.1) is 5.82 Å². The van der Waals surface area contributed by atoms with Crippen LogP contribution in [0.1, 0.15) is 39.7 Å². The highest BCUT2D eigenvalue weighted by atomic mass is 35.5. The zero-order valence-corrected chi connectivity index (χ0v) is 25.3. The molecule has 0 aromatic heterocycles. The van der Waals surface area contributed by atoms with E-state index in [9.17, 15) is 22.4 Å². The number of sulfonamides is 1. The van der Waals surface area contributed by atoms with Crippen LogP contribution in [0.5, 0.6) is 5.75 Å². The lowest BCUT2D eigenvalue weighted by Gasteiger charge is -2.35. The number of amides is 2. The maximum absolute atomic E-state index is 14.1. The van der Waals surface area contributed by atoms with Crippen molar-refractivity contribution in [2.45, 2.75) is 57.1 Å². The Kier molecular flexibility index (Phi) is 10.4. The number of hydrogen-bond acceptors (Lipinski definition) is 5. The SMILES string of the molecule is CC[C@@H](C(=O)NC(C)(C)C)N(Cc1ccc(F)cc1)C(=O)CN(c1cc(Cl)ccc1OC)S(=O)(=O)c1ccccc1. The highest BCUT2D eigenvalue weighted by Crippen LogP contribution is 2.35. The first kappa shape index (κ1) is 31.9. The van der Waals surface area contributed by atoms with Gasteiger partial charge in [0, 0.05) is 17.1 Å². The monoisotopic (exact) mass is 603 g/mol. The lowest BCUT2D eigenvalue weighted by atomic mass is 10.1. The van der Waals surface area contributed by atoms with Gasteiger partial charge >= 0.3 is 0 Å². The van der Waals surface area contributed by atoms with Crippen molar-refractivity contribution in [2.75, 3.05) is 18.0 Å². The standard InChI is InChI=1S/C30H35ClFN3O5S/c1-6-25(29(37)33-30(2,3)4)34(19-21-12-15-23(32)16-13-21)28(36)20-35(26-18-22(31)14-17-27(26)40-5)41(38,39)24-10-8-7-9-11-24/h7-18,25H,6,19-20H2,1-5H3,(H,33,37)/t25-/m0/s1. The molecule has 220 valence electrons. The van der Waals surface area contributed by atoms with Crippen LogP contribution >= 0.6 is 11.6 Å². The predicted octanol–water partition coefficient (Wildman–Crippen LogP) is 5.41. The van der Waals surface area contributed by atoms with Gasteiger partial charge in [0.15, 0.2) is 0 Å². The lowest BCUT2D eigenvalue weighted by Crippen LogP contribution is -2.55. The molecule has 8 nitrogen and oxygen atoms in total. The van der Waals surface area contributed by atoms with Gasteiger partial charge in [0.05, 0.1) is 17.7 Å². The molecule has 0 unspecified atom stereocenters. The van der Waals surface area contributed by atoms with Gasteiger partial charge in [0.2, 0.25) is 11.8 Å². The number of nitrogens with zero attached hydrogens (tertiary/aromatic N) is 2. The van der Waals surface area contributed by atoms with Crippen molar-refractivity contribution in [2.24, 2.45) is 0 Å². The average molecular weight is 604 g/mol. The van der Waals surface area contributed by atoms with E-state index in [-0.39, 0.29) is 34.3 Å². The highest BCUT2D eigenvalue weighted by Gasteiger charge is 2.35. The summed E-state index contributed by atoms with van der Waals surface area (Å²) in [5.74, 6) is -1.30. The van der Waals surface area contributed by atoms with Crippen LogP contribution in [0.3, 0.4) is 0 Å². The molecule has 3 aromatic rings. The van der Waals surface area contributed by atoms with E-state index in [0.717, 1.165) is 4.31 Å². The number of hydrogen-bond donors (Lipinski definition) is 1. The van der Waals surface area contributed by atoms with Crippen molar-refractivity contribution in [1.29, 1.82) is 0 Å². The molecule has 0 fully saturated rings. The number of benzene rings is 3. The third-order valence-electron chi connectivity index (χ3n) is 6.17. The van der Waals surface area contributed by atoms with Crippen molar-refractivity contribution < 1.29 is 27.1 Å². The minimum absolute atomic E-state index is 0.0440. The molecule has 0 spiro atoms. The molecule has 1 N–H and O–H groups in total. The largest absolute Gasteiger partial charge is 0.495 e. The molecule has 3 aromatic carbocycles. The van der Waals surface area contributed by atoms with Crippen LogP contribution in [0.15, 0.2) is 77.7 Å². The van der Waals surface area contributed by atoms with E-state index < -0.39 is 45.8 Å². The summed E-state index contributed by atoms with van der Waals surface area (Å²) in [4.78, 5) is 28.8. The van der Waals surface area contributed by atoms with Crippen LogP contribution < -0.4 is 14.4 Å². The molecule has 0 saturated carbocycles. The second kappa shape index (κ2) is 13.4. The Morgan fingerprint density at radius 2 is 1.66 bits per heavy atom. The molecule has 3 rings (SSSR count). The van der Waals surface area contributed by atoms with E-state index in [4.69, 9.17) is 16.3 Å². The summed E-state index contributed by atoms with van der Waals surface area (Å²) in [6.07, 6.45) is 0.251. The van der Waals surface area contributed by atoms with Crippen molar-refractivity contribution in [3.8, 4) is 5.75 Å². The molecule has 0 saturated heterocycles. The molecule has 0 aliphatic heterocycles. The average Bonchev–Trinajstić information content (AvgIpc) is 2.92. The number of nitrogens with one attached hydrogen (secondary N) is 1. The van der Waals surface area contributed by atoms with Gasteiger partial charge in [-0.2, -0.15) is 0 Å². The van der Waals surface area contributed by atoms with Gasteiger partial charge in [0.1, 0.15) is 24.2 Å². The molecule has 41 heavy (non-hydrogen) atoms. The Morgan fingerprint density at radius 3 is 2.22 bits per heavy atom. The van der Waals surface area contributed by atoms with Crippen LogP contribution in [-0.2, 0) is 26.2 Å². The van der Waals surface area contributed by atoms with Crippen molar-refractivity contribution in [3.63, 3.8) is 0 Å². The Balaban J connectivity index is 2.12. The van der Waals surface area contributed by atoms with Crippen LogP contribution in [0.25, 0.3) is 0 Å². The van der Waals surface area contributed by atoms with E-state index in [1.165, 1.54) is 60.5 Å². The van der Waals surface area contributed by atoms with Gasteiger partial charge < -0.3 is 15.0 Å². The van der Waals surface area contributed by atoms with E-state index in [0.29, 0.717) is 5.56 Å². The number of methoxy groups -OCH3 is 1. The number of ether oxygens (including phenoxy) is 1. The lowest BCUT2D eigenvalue weighted by molar-refractivity contribution is -0.141. The van der Waals surface area contributed by atoms with E-state index >= 15 is 0 Å². The molecular weight excluding hydrogens is 569 g/mol. The van der Waals surface area contributed by atoms with Crippen molar-refractivity contribution in [1.82, 2.24) is 10.2 Å². The Hall–Kier alpha value is -3.63. The molecule has 1 atom stereocenters. The van der Waals surface area contributed by atoms with Crippen LogP contribution in [0.4, 0.5) is 10.1 Å². The van der Waals surface area contributed by atoms with Gasteiger partial charge in [-0.3, -0.25) is 13.9 Å². The summed E-state index contributed by atoms with van der Waals surface area (Å²) in [5, 5.41) is 3.14. The molecular formula is C30H35ClFN3O5S. The fourth-order valence-electron chi connectivity index (χ4n) is 4.25. The van der Waals surface area contributed by atoms with Crippen molar-refractivity contribution in [3.05, 3.63) is 89.2 Å². The molecule has 0 bridgehead atoms. The summed E-state index contributed by atoms with van der Waals surface area (Å²) in [6.45, 7) is 6.52. The number of carbonyl (C=O) groups is 2. The molecule has 11 heteroatoms. The van der Waals surface area contributed by atoms with Crippen LogP contribution in [-0.4, -0.2) is 50.4 Å². The maximum Gasteiger partial charge on any atom is 0.264 e. The first-order chi connectivity index (χ1) is 19.3. The number of halogens is 2. The molecule has 0 aliphatic carbocycles. The maximum atomic E-state index is 14.1. The Labute approximate surface area is 246 Å². The van der Waals surface area contributed by atoms with E-state index in [1.807, 2.05) is 20.8 Å². The van der Waals surface area contributed by atoms with Crippen LogP contribution in [0.2, 0.25) is 5.02 Å².